The van der Waals surface area contributed by atoms with Crippen molar-refractivity contribution in [3.8, 4) is 5.75 Å². The number of pyridine rings is 1. The van der Waals surface area contributed by atoms with Gasteiger partial charge in [-0.3, -0.25) is 20.4 Å². The zero-order valence-corrected chi connectivity index (χ0v) is 19.4. The third-order valence-corrected chi connectivity index (χ3v) is 8.02. The molecule has 0 spiro atoms. The number of nitrogens with one attached hydrogen (secondary N) is 2. The summed E-state index contributed by atoms with van der Waals surface area (Å²) in [6.07, 6.45) is 10.6. The van der Waals surface area contributed by atoms with E-state index in [1.54, 1.807) is 18.2 Å². The normalized spacial score (nSPS) is 27.0. The predicted octanol–water partition coefficient (Wildman–Crippen LogP) is 4.20. The van der Waals surface area contributed by atoms with Gasteiger partial charge in [0.1, 0.15) is 18.0 Å². The lowest BCUT2D eigenvalue weighted by Gasteiger charge is -2.55. The van der Waals surface area contributed by atoms with Crippen molar-refractivity contribution in [1.29, 1.82) is 0 Å². The van der Waals surface area contributed by atoms with Crippen LogP contribution in [0.4, 0.5) is 0 Å². The summed E-state index contributed by atoms with van der Waals surface area (Å²) < 4.78 is 7.88. The summed E-state index contributed by atoms with van der Waals surface area (Å²) in [5, 5.41) is 0. The van der Waals surface area contributed by atoms with Gasteiger partial charge in [-0.1, -0.05) is 12.1 Å². The molecule has 4 saturated carbocycles. The number of hydrogen-bond acceptors (Lipinski definition) is 4. The van der Waals surface area contributed by atoms with E-state index in [0.29, 0.717) is 35.7 Å². The van der Waals surface area contributed by atoms with Crippen LogP contribution in [0.5, 0.6) is 5.75 Å². The van der Waals surface area contributed by atoms with Gasteiger partial charge in [-0.2, -0.15) is 0 Å². The van der Waals surface area contributed by atoms with E-state index in [1.807, 2.05) is 41.9 Å². The van der Waals surface area contributed by atoms with E-state index in [-0.39, 0.29) is 17.2 Å². The standard InChI is InChI=1S/C27H30N4O3/c1-17-4-3-7-31-15-22(28-24(17)31)16-34-23-6-2-5-21(11-23)25(32)29-30-26(33)27-12-18-8-19(13-27)10-20(9-18)14-27/h2-7,11,15,18-20H,8-10,12-14,16H2,1H3,(H,29,32)(H,30,33). The molecular weight excluding hydrogens is 428 g/mol. The molecule has 2 amide bonds. The van der Waals surface area contributed by atoms with Crippen molar-refractivity contribution in [3.05, 3.63) is 65.6 Å². The first-order chi connectivity index (χ1) is 16.5. The molecule has 0 radical (unpaired) electrons. The molecule has 176 valence electrons. The minimum Gasteiger partial charge on any atom is -0.487 e. The summed E-state index contributed by atoms with van der Waals surface area (Å²) in [7, 11) is 0. The maximum absolute atomic E-state index is 13.1. The first kappa shape index (κ1) is 21.2. The van der Waals surface area contributed by atoms with Gasteiger partial charge in [0.15, 0.2) is 0 Å². The maximum Gasteiger partial charge on any atom is 0.269 e. The van der Waals surface area contributed by atoms with E-state index in [0.717, 1.165) is 36.2 Å². The molecule has 0 aliphatic heterocycles. The van der Waals surface area contributed by atoms with Gasteiger partial charge < -0.3 is 9.14 Å². The number of aryl methyl sites for hydroxylation is 1. The summed E-state index contributed by atoms with van der Waals surface area (Å²) in [6.45, 7) is 2.33. The van der Waals surface area contributed by atoms with Crippen molar-refractivity contribution in [2.45, 2.75) is 52.1 Å². The molecule has 4 aliphatic rings. The molecule has 34 heavy (non-hydrogen) atoms. The lowest BCUT2D eigenvalue weighted by atomic mass is 9.49. The van der Waals surface area contributed by atoms with Gasteiger partial charge in [0.25, 0.3) is 5.91 Å². The molecule has 0 unspecified atom stereocenters. The number of nitrogens with zero attached hydrogens (tertiary/aromatic N) is 2. The second kappa shape index (κ2) is 8.15. The van der Waals surface area contributed by atoms with Crippen molar-refractivity contribution in [1.82, 2.24) is 20.2 Å². The van der Waals surface area contributed by atoms with E-state index in [4.69, 9.17) is 4.74 Å². The summed E-state index contributed by atoms with van der Waals surface area (Å²) in [4.78, 5) is 30.5. The van der Waals surface area contributed by atoms with Crippen LogP contribution >= 0.6 is 0 Å². The number of carbonyl (C=O) groups is 2. The van der Waals surface area contributed by atoms with Gasteiger partial charge in [0, 0.05) is 18.0 Å². The van der Waals surface area contributed by atoms with Crippen LogP contribution in [0.1, 0.15) is 60.1 Å². The molecule has 3 aromatic rings. The number of rotatable bonds is 5. The Hall–Kier alpha value is -3.35. The molecule has 4 aliphatic carbocycles. The summed E-state index contributed by atoms with van der Waals surface area (Å²) in [6, 6.07) is 11.0. The Bertz CT molecular complexity index is 1230. The van der Waals surface area contributed by atoms with Crippen molar-refractivity contribution < 1.29 is 14.3 Å². The molecule has 4 fully saturated rings. The Morgan fingerprint density at radius 1 is 1.06 bits per heavy atom. The third-order valence-electron chi connectivity index (χ3n) is 8.02. The largest absolute Gasteiger partial charge is 0.487 e. The Balaban J connectivity index is 1.07. The first-order valence-corrected chi connectivity index (χ1v) is 12.2. The van der Waals surface area contributed by atoms with Gasteiger partial charge in [0.2, 0.25) is 5.91 Å². The van der Waals surface area contributed by atoms with E-state index < -0.39 is 0 Å². The number of hydrazine groups is 1. The number of ether oxygens (including phenoxy) is 1. The Kier molecular flexibility index (Phi) is 5.08. The quantitative estimate of drug-likeness (QED) is 0.561. The van der Waals surface area contributed by atoms with Crippen molar-refractivity contribution >= 4 is 17.5 Å². The van der Waals surface area contributed by atoms with Gasteiger partial charge >= 0.3 is 0 Å². The lowest BCUT2D eigenvalue weighted by Crippen LogP contribution is -2.56. The van der Waals surface area contributed by atoms with E-state index in [9.17, 15) is 9.59 Å². The molecule has 7 nitrogen and oxygen atoms in total. The highest BCUT2D eigenvalue weighted by Crippen LogP contribution is 2.60. The highest BCUT2D eigenvalue weighted by Gasteiger charge is 2.54. The molecule has 4 bridgehead atoms. The molecule has 7 rings (SSSR count). The van der Waals surface area contributed by atoms with Crippen LogP contribution in [0.25, 0.3) is 5.65 Å². The molecule has 7 heteroatoms. The average Bonchev–Trinajstić information content (AvgIpc) is 3.25. The average molecular weight is 459 g/mol. The topological polar surface area (TPSA) is 84.7 Å². The molecular formula is C27H30N4O3. The maximum atomic E-state index is 13.1. The number of carbonyl (C=O) groups excluding carboxylic acids is 2. The summed E-state index contributed by atoms with van der Waals surface area (Å²) in [5.74, 6) is 2.25. The molecule has 2 aromatic heterocycles. The molecule has 0 atom stereocenters. The van der Waals surface area contributed by atoms with Crippen LogP contribution in [-0.4, -0.2) is 21.2 Å². The van der Waals surface area contributed by atoms with Crippen LogP contribution < -0.4 is 15.6 Å². The lowest BCUT2D eigenvalue weighted by molar-refractivity contribution is -0.147. The number of aromatic nitrogens is 2. The van der Waals surface area contributed by atoms with Crippen molar-refractivity contribution in [2.75, 3.05) is 0 Å². The van der Waals surface area contributed by atoms with Gasteiger partial charge in [-0.25, -0.2) is 4.98 Å². The van der Waals surface area contributed by atoms with E-state index in [2.05, 4.69) is 15.8 Å². The van der Waals surface area contributed by atoms with E-state index in [1.165, 1.54) is 19.3 Å². The van der Waals surface area contributed by atoms with Crippen molar-refractivity contribution in [2.24, 2.45) is 23.2 Å². The fourth-order valence-corrected chi connectivity index (χ4v) is 6.87. The molecule has 2 heterocycles. The number of amides is 2. The van der Waals surface area contributed by atoms with Gasteiger partial charge in [-0.05, 0) is 93.0 Å². The molecule has 1 aromatic carbocycles. The van der Waals surface area contributed by atoms with Crippen LogP contribution in [0, 0.1) is 30.1 Å². The van der Waals surface area contributed by atoms with Crippen molar-refractivity contribution in [3.63, 3.8) is 0 Å². The second-order valence-corrected chi connectivity index (χ2v) is 10.6. The van der Waals surface area contributed by atoms with E-state index >= 15 is 0 Å². The molecule has 0 saturated heterocycles. The Morgan fingerprint density at radius 3 is 2.50 bits per heavy atom. The summed E-state index contributed by atoms with van der Waals surface area (Å²) in [5.41, 5.74) is 8.35. The number of imidazole rings is 1. The zero-order chi connectivity index (χ0) is 23.3. The summed E-state index contributed by atoms with van der Waals surface area (Å²) >= 11 is 0. The minimum atomic E-state index is -0.341. The predicted molar refractivity (Wildman–Crippen MR) is 127 cm³/mol. The Morgan fingerprint density at radius 2 is 1.79 bits per heavy atom. The fraction of sp³-hybridized carbons (Fsp3) is 0.444. The molecule has 2 N–H and O–H groups in total. The SMILES string of the molecule is Cc1cccn2cc(COc3cccc(C(=O)NNC(=O)C45CC6CC(CC(C6)C4)C5)c3)nc12. The first-order valence-electron chi connectivity index (χ1n) is 12.2. The third kappa shape index (κ3) is 3.83. The zero-order valence-electron chi connectivity index (χ0n) is 19.4. The monoisotopic (exact) mass is 458 g/mol. The van der Waals surface area contributed by atoms with Crippen LogP contribution in [0.15, 0.2) is 48.8 Å². The minimum absolute atomic E-state index is 0.0190. The number of benzene rings is 1. The van der Waals surface area contributed by atoms with Gasteiger partial charge in [0.05, 0.1) is 11.1 Å². The smallest absolute Gasteiger partial charge is 0.269 e. The Labute approximate surface area is 198 Å². The highest BCUT2D eigenvalue weighted by molar-refractivity contribution is 5.96. The number of fused-ring (bicyclic) bond motifs is 1. The number of hydrogen-bond donors (Lipinski definition) is 2. The second-order valence-electron chi connectivity index (χ2n) is 10.6. The van der Waals surface area contributed by atoms with Crippen LogP contribution in [-0.2, 0) is 11.4 Å². The van der Waals surface area contributed by atoms with Crippen LogP contribution in [0.2, 0.25) is 0 Å². The van der Waals surface area contributed by atoms with Crippen LogP contribution in [0.3, 0.4) is 0 Å². The van der Waals surface area contributed by atoms with Gasteiger partial charge in [-0.15, -0.1) is 0 Å². The fourth-order valence-electron chi connectivity index (χ4n) is 6.87. The highest BCUT2D eigenvalue weighted by atomic mass is 16.5.